The molecule has 0 radical (unpaired) electrons. The van der Waals surface area contributed by atoms with Crippen molar-refractivity contribution in [3.05, 3.63) is 34.9 Å². The van der Waals surface area contributed by atoms with E-state index in [4.69, 9.17) is 11.6 Å². The van der Waals surface area contributed by atoms with Crippen molar-refractivity contribution in [3.8, 4) is 0 Å². The van der Waals surface area contributed by atoms with Crippen LogP contribution in [0, 0.1) is 5.92 Å². The zero-order valence-corrected chi connectivity index (χ0v) is 10.9. The molecule has 1 aromatic carbocycles. The minimum Gasteiger partial charge on any atom is -0.335 e. The maximum absolute atomic E-state index is 6.20. The van der Waals surface area contributed by atoms with Crippen molar-refractivity contribution in [1.29, 1.82) is 0 Å². The smallest absolute Gasteiger partial charge is 0.139 e. The molecule has 0 saturated carbocycles. The molecule has 2 bridgehead atoms. The highest BCUT2D eigenvalue weighted by Crippen LogP contribution is 2.17. The predicted octanol–water partition coefficient (Wildman–Crippen LogP) is 0.0805. The Morgan fingerprint density at radius 3 is 2.65 bits per heavy atom. The van der Waals surface area contributed by atoms with Crippen LogP contribution in [0.4, 0.5) is 0 Å². The van der Waals surface area contributed by atoms with Gasteiger partial charge >= 0.3 is 0 Å². The molecule has 0 amide bonds. The summed E-state index contributed by atoms with van der Waals surface area (Å²) in [6, 6.07) is 9.05. The molecule has 0 aromatic heterocycles. The SMILES string of the molecule is Clc1ccccc1C[NH2+][C@@H]1C[NH+]2CCC1CC2. The third-order valence-corrected chi connectivity index (χ3v) is 4.83. The number of halogens is 1. The molecule has 2 nitrogen and oxygen atoms in total. The summed E-state index contributed by atoms with van der Waals surface area (Å²) < 4.78 is 0. The molecule has 3 heterocycles. The van der Waals surface area contributed by atoms with Gasteiger partial charge in [-0.15, -0.1) is 0 Å². The van der Waals surface area contributed by atoms with Gasteiger partial charge in [-0.25, -0.2) is 0 Å². The highest BCUT2D eigenvalue weighted by atomic mass is 35.5. The van der Waals surface area contributed by atoms with Crippen molar-refractivity contribution in [2.24, 2.45) is 5.92 Å². The van der Waals surface area contributed by atoms with Crippen LogP contribution in [-0.4, -0.2) is 25.7 Å². The molecule has 1 aromatic rings. The number of quaternary nitrogens is 2. The van der Waals surface area contributed by atoms with Crippen LogP contribution in [-0.2, 0) is 6.54 Å². The average Bonchev–Trinajstić information content (AvgIpc) is 2.39. The summed E-state index contributed by atoms with van der Waals surface area (Å²) in [5, 5.41) is 3.43. The number of fused-ring (bicyclic) bond motifs is 3. The Kier molecular flexibility index (Phi) is 3.37. The van der Waals surface area contributed by atoms with Crippen molar-refractivity contribution in [1.82, 2.24) is 0 Å². The van der Waals surface area contributed by atoms with Crippen molar-refractivity contribution < 1.29 is 10.2 Å². The summed E-state index contributed by atoms with van der Waals surface area (Å²) >= 11 is 6.20. The molecule has 0 aliphatic carbocycles. The van der Waals surface area contributed by atoms with Crippen LogP contribution in [0.25, 0.3) is 0 Å². The summed E-state index contributed by atoms with van der Waals surface area (Å²) in [6.07, 6.45) is 2.86. The predicted molar refractivity (Wildman–Crippen MR) is 69.2 cm³/mol. The van der Waals surface area contributed by atoms with Gasteiger partial charge in [0.05, 0.1) is 13.1 Å². The normalized spacial score (nSPS) is 31.7. The standard InChI is InChI=1S/C14H19ClN2/c15-13-4-2-1-3-12(13)9-16-14-10-17-7-5-11(14)6-8-17/h1-4,11,14,16H,5-10H2/p+2/t14-/m1/s1. The largest absolute Gasteiger partial charge is 0.335 e. The molecule has 0 unspecified atom stereocenters. The minimum absolute atomic E-state index is 0.823. The van der Waals surface area contributed by atoms with Crippen LogP contribution in [0.3, 0.4) is 0 Å². The fraction of sp³-hybridized carbons (Fsp3) is 0.571. The number of piperidine rings is 3. The topological polar surface area (TPSA) is 21.1 Å². The maximum atomic E-state index is 6.20. The number of hydrogen-bond donors (Lipinski definition) is 2. The maximum Gasteiger partial charge on any atom is 0.139 e. The molecular formula is C14H21ClN2+2. The Balaban J connectivity index is 1.60. The molecule has 17 heavy (non-hydrogen) atoms. The van der Waals surface area contributed by atoms with Gasteiger partial charge in [-0.2, -0.15) is 0 Å². The Hall–Kier alpha value is -0.570. The van der Waals surface area contributed by atoms with Crippen LogP contribution >= 0.6 is 11.6 Å². The summed E-state index contributed by atoms with van der Waals surface area (Å²) in [7, 11) is 0. The van der Waals surface area contributed by atoms with Crippen molar-refractivity contribution >= 4 is 11.6 Å². The Morgan fingerprint density at radius 2 is 2.00 bits per heavy atom. The first-order valence-corrected chi connectivity index (χ1v) is 7.11. The molecule has 3 heteroatoms. The number of nitrogens with two attached hydrogens (primary N) is 1. The summed E-state index contributed by atoms with van der Waals surface area (Å²) in [6.45, 7) is 5.20. The molecule has 0 spiro atoms. The molecule has 3 aliphatic rings. The quantitative estimate of drug-likeness (QED) is 0.761. The number of hydrogen-bond acceptors (Lipinski definition) is 0. The van der Waals surface area contributed by atoms with E-state index < -0.39 is 0 Å². The second kappa shape index (κ2) is 4.97. The van der Waals surface area contributed by atoms with Gasteiger partial charge in [-0.3, -0.25) is 0 Å². The fourth-order valence-electron chi connectivity index (χ4n) is 3.40. The summed E-state index contributed by atoms with van der Waals surface area (Å²) in [4.78, 5) is 1.81. The van der Waals surface area contributed by atoms with Gasteiger partial charge in [-0.1, -0.05) is 29.8 Å². The third-order valence-electron chi connectivity index (χ3n) is 4.47. The lowest BCUT2D eigenvalue weighted by Gasteiger charge is -2.40. The molecular weight excluding hydrogens is 232 g/mol. The summed E-state index contributed by atoms with van der Waals surface area (Å²) in [5.41, 5.74) is 1.28. The molecule has 3 saturated heterocycles. The Labute approximate surface area is 108 Å². The molecule has 1 atom stereocenters. The second-order valence-electron chi connectivity index (χ2n) is 5.49. The lowest BCUT2D eigenvalue weighted by atomic mass is 9.84. The first kappa shape index (κ1) is 11.5. The fourth-order valence-corrected chi connectivity index (χ4v) is 3.61. The van der Waals surface area contributed by atoms with Gasteiger partial charge < -0.3 is 10.2 Å². The van der Waals surface area contributed by atoms with E-state index in [9.17, 15) is 0 Å². The monoisotopic (exact) mass is 252 g/mol. The molecule has 3 fully saturated rings. The van der Waals surface area contributed by atoms with Gasteiger partial charge in [0.25, 0.3) is 0 Å². The first-order chi connectivity index (χ1) is 8.33. The van der Waals surface area contributed by atoms with Crippen LogP contribution in [0.1, 0.15) is 18.4 Å². The van der Waals surface area contributed by atoms with E-state index in [1.165, 1.54) is 38.0 Å². The lowest BCUT2D eigenvalue weighted by molar-refractivity contribution is -0.943. The molecule has 3 aliphatic heterocycles. The van der Waals surface area contributed by atoms with Crippen molar-refractivity contribution in [3.63, 3.8) is 0 Å². The van der Waals surface area contributed by atoms with E-state index >= 15 is 0 Å². The van der Waals surface area contributed by atoms with Crippen LogP contribution in [0.15, 0.2) is 24.3 Å². The second-order valence-corrected chi connectivity index (χ2v) is 5.89. The Bertz CT molecular complexity index is 386. The highest BCUT2D eigenvalue weighted by molar-refractivity contribution is 6.31. The van der Waals surface area contributed by atoms with Crippen LogP contribution in [0.2, 0.25) is 5.02 Å². The van der Waals surface area contributed by atoms with Gasteiger partial charge in [0, 0.05) is 29.3 Å². The van der Waals surface area contributed by atoms with Crippen LogP contribution < -0.4 is 10.2 Å². The van der Waals surface area contributed by atoms with E-state index in [0.717, 1.165) is 23.5 Å². The molecule has 4 rings (SSSR count). The van der Waals surface area contributed by atoms with E-state index in [1.54, 1.807) is 0 Å². The van der Waals surface area contributed by atoms with E-state index in [-0.39, 0.29) is 0 Å². The number of nitrogens with one attached hydrogen (secondary N) is 1. The van der Waals surface area contributed by atoms with E-state index in [1.807, 2.05) is 17.0 Å². The molecule has 92 valence electrons. The number of rotatable bonds is 3. The zero-order chi connectivity index (χ0) is 11.7. The van der Waals surface area contributed by atoms with Gasteiger partial charge in [0.15, 0.2) is 0 Å². The Morgan fingerprint density at radius 1 is 1.24 bits per heavy atom. The van der Waals surface area contributed by atoms with Gasteiger partial charge in [0.1, 0.15) is 19.1 Å². The zero-order valence-electron chi connectivity index (χ0n) is 10.2. The third kappa shape index (κ3) is 2.49. The minimum atomic E-state index is 0.823. The van der Waals surface area contributed by atoms with E-state index in [2.05, 4.69) is 17.4 Å². The molecule has 3 N–H and O–H groups in total. The van der Waals surface area contributed by atoms with E-state index in [0.29, 0.717) is 0 Å². The van der Waals surface area contributed by atoms with Crippen LogP contribution in [0.5, 0.6) is 0 Å². The van der Waals surface area contributed by atoms with Gasteiger partial charge in [0.2, 0.25) is 0 Å². The lowest BCUT2D eigenvalue weighted by Crippen LogP contribution is -3.20. The highest BCUT2D eigenvalue weighted by Gasteiger charge is 2.39. The average molecular weight is 253 g/mol. The summed E-state index contributed by atoms with van der Waals surface area (Å²) in [5.74, 6) is 0.954. The number of benzene rings is 1. The van der Waals surface area contributed by atoms with Crippen molar-refractivity contribution in [2.45, 2.75) is 25.4 Å². The van der Waals surface area contributed by atoms with Crippen molar-refractivity contribution in [2.75, 3.05) is 19.6 Å². The first-order valence-electron chi connectivity index (χ1n) is 6.73. The van der Waals surface area contributed by atoms with Gasteiger partial charge in [-0.05, 0) is 6.07 Å².